The first-order valence-corrected chi connectivity index (χ1v) is 8.61. The minimum absolute atomic E-state index is 0.118. The molecule has 0 fully saturated rings. The molecule has 2 aromatic carbocycles. The molecule has 25 heavy (non-hydrogen) atoms. The van der Waals surface area contributed by atoms with Crippen LogP contribution in [0.15, 0.2) is 71.0 Å². The van der Waals surface area contributed by atoms with Crippen molar-refractivity contribution in [3.63, 3.8) is 0 Å². The van der Waals surface area contributed by atoms with Gasteiger partial charge in [0, 0.05) is 16.5 Å². The molecule has 6 heteroatoms. The second-order valence-corrected chi connectivity index (χ2v) is 6.80. The van der Waals surface area contributed by atoms with Gasteiger partial charge in [0.15, 0.2) is 0 Å². The Morgan fingerprint density at radius 3 is 2.28 bits per heavy atom. The maximum Gasteiger partial charge on any atom is 0.268 e. The summed E-state index contributed by atoms with van der Waals surface area (Å²) in [7, 11) is 0. The molecule has 0 saturated heterocycles. The van der Waals surface area contributed by atoms with Gasteiger partial charge in [0.25, 0.3) is 11.8 Å². The van der Waals surface area contributed by atoms with Crippen LogP contribution in [-0.4, -0.2) is 23.3 Å². The van der Waals surface area contributed by atoms with Gasteiger partial charge in [-0.05, 0) is 42.0 Å². The molecule has 0 unspecified atom stereocenters. The van der Waals surface area contributed by atoms with Gasteiger partial charge in [-0.2, -0.15) is 0 Å². The van der Waals surface area contributed by atoms with Crippen LogP contribution < -0.4 is 0 Å². The molecule has 0 N–H and O–H groups in total. The van der Waals surface area contributed by atoms with Crippen molar-refractivity contribution >= 4 is 40.8 Å². The Morgan fingerprint density at radius 1 is 1.04 bits per heavy atom. The zero-order valence-electron chi connectivity index (χ0n) is 13.0. The van der Waals surface area contributed by atoms with Crippen LogP contribution in [0.4, 0.5) is 4.39 Å². The topological polar surface area (TPSA) is 37.4 Å². The molecule has 1 heterocycles. The number of hydrogen-bond acceptors (Lipinski definition) is 3. The Bertz CT molecular complexity index is 875. The quantitative estimate of drug-likeness (QED) is 0.570. The van der Waals surface area contributed by atoms with E-state index in [-0.39, 0.29) is 18.0 Å². The summed E-state index contributed by atoms with van der Waals surface area (Å²) in [5.74, 6) is -1.20. The highest BCUT2D eigenvalue weighted by atomic mass is 35.5. The zero-order chi connectivity index (χ0) is 18.0. The van der Waals surface area contributed by atoms with Crippen LogP contribution in [0.2, 0.25) is 5.02 Å². The molecule has 3 nitrogen and oxygen atoms in total. The maximum atomic E-state index is 13.2. The third-order valence-corrected chi connectivity index (χ3v) is 4.95. The highest BCUT2D eigenvalue weighted by Gasteiger charge is 2.38. The minimum atomic E-state index is -0.409. The molecule has 0 bridgehead atoms. The van der Waals surface area contributed by atoms with Crippen LogP contribution in [0, 0.1) is 5.82 Å². The van der Waals surface area contributed by atoms with E-state index in [0.29, 0.717) is 15.5 Å². The molecule has 0 spiro atoms. The number of benzene rings is 2. The van der Waals surface area contributed by atoms with Crippen LogP contribution in [0.3, 0.4) is 0 Å². The Balaban J connectivity index is 2.06. The second-order valence-electron chi connectivity index (χ2n) is 5.28. The average molecular weight is 374 g/mol. The number of carbonyl (C=O) groups is 2. The molecule has 0 aliphatic carbocycles. The average Bonchev–Trinajstić information content (AvgIpc) is 2.83. The van der Waals surface area contributed by atoms with Gasteiger partial charge >= 0.3 is 0 Å². The van der Waals surface area contributed by atoms with Crippen LogP contribution in [-0.2, 0) is 9.59 Å². The molecule has 3 rings (SSSR count). The van der Waals surface area contributed by atoms with Crippen LogP contribution in [0.25, 0.3) is 5.57 Å². The largest absolute Gasteiger partial charge is 0.270 e. The number of carbonyl (C=O) groups excluding carboxylic acids is 2. The molecule has 2 aromatic rings. The molecule has 2 amide bonds. The molecule has 0 radical (unpaired) electrons. The summed E-state index contributed by atoms with van der Waals surface area (Å²) >= 11 is 7.08. The SMILES string of the molecule is C=CCN1C(=O)C(Sc2ccc(Cl)cc2)=C(c2ccc(F)cc2)C1=O. The molecule has 0 saturated carbocycles. The van der Waals surface area contributed by atoms with E-state index in [1.54, 1.807) is 24.3 Å². The van der Waals surface area contributed by atoms with Gasteiger partial charge in [0.2, 0.25) is 0 Å². The minimum Gasteiger partial charge on any atom is -0.270 e. The first-order valence-electron chi connectivity index (χ1n) is 7.42. The fourth-order valence-corrected chi connectivity index (χ4v) is 3.57. The van der Waals surface area contributed by atoms with E-state index in [1.807, 2.05) is 0 Å². The third kappa shape index (κ3) is 3.52. The lowest BCUT2D eigenvalue weighted by molar-refractivity contribution is -0.135. The van der Waals surface area contributed by atoms with E-state index in [1.165, 1.54) is 42.1 Å². The van der Waals surface area contributed by atoms with E-state index in [0.717, 1.165) is 9.80 Å². The number of amides is 2. The summed E-state index contributed by atoms with van der Waals surface area (Å²) in [4.78, 5) is 27.6. The number of nitrogens with zero attached hydrogens (tertiary/aromatic N) is 1. The number of rotatable bonds is 5. The summed E-state index contributed by atoms with van der Waals surface area (Å²) in [6.07, 6.45) is 1.49. The summed E-state index contributed by atoms with van der Waals surface area (Å²) < 4.78 is 13.2. The first kappa shape index (κ1) is 17.5. The van der Waals surface area contributed by atoms with Crippen molar-refractivity contribution in [2.75, 3.05) is 6.54 Å². The van der Waals surface area contributed by atoms with Crippen molar-refractivity contribution in [1.82, 2.24) is 4.90 Å². The lowest BCUT2D eigenvalue weighted by atomic mass is 10.1. The molecule has 126 valence electrons. The predicted molar refractivity (Wildman–Crippen MR) is 97.5 cm³/mol. The Hall–Kier alpha value is -2.37. The molecule has 0 aromatic heterocycles. The van der Waals surface area contributed by atoms with Gasteiger partial charge in [-0.3, -0.25) is 14.5 Å². The zero-order valence-corrected chi connectivity index (χ0v) is 14.6. The molecule has 0 atom stereocenters. The molecule has 1 aliphatic rings. The first-order chi connectivity index (χ1) is 12.0. The van der Waals surface area contributed by atoms with Crippen molar-refractivity contribution in [1.29, 1.82) is 0 Å². The Labute approximate surface area is 153 Å². The van der Waals surface area contributed by atoms with E-state index < -0.39 is 11.7 Å². The van der Waals surface area contributed by atoms with Gasteiger partial charge in [-0.1, -0.05) is 41.6 Å². The van der Waals surface area contributed by atoms with Gasteiger partial charge in [-0.25, -0.2) is 4.39 Å². The van der Waals surface area contributed by atoms with Crippen LogP contribution in [0.1, 0.15) is 5.56 Å². The standard InChI is InChI=1S/C19H13ClFNO2S/c1-2-11-22-18(23)16(12-3-7-14(21)8-4-12)17(19(22)24)25-15-9-5-13(20)6-10-15/h2-10H,1,11H2. The summed E-state index contributed by atoms with van der Waals surface area (Å²) in [5.41, 5.74) is 0.773. The van der Waals surface area contributed by atoms with Gasteiger partial charge in [-0.15, -0.1) is 6.58 Å². The molecule has 1 aliphatic heterocycles. The number of thioether (sulfide) groups is 1. The van der Waals surface area contributed by atoms with Crippen molar-refractivity contribution in [3.8, 4) is 0 Å². The van der Waals surface area contributed by atoms with E-state index in [4.69, 9.17) is 11.6 Å². The summed E-state index contributed by atoms with van der Waals surface area (Å²) in [5, 5.41) is 0.583. The van der Waals surface area contributed by atoms with Gasteiger partial charge in [0.1, 0.15) is 5.82 Å². The van der Waals surface area contributed by atoms with Crippen LogP contribution in [0.5, 0.6) is 0 Å². The molecular formula is C19H13ClFNO2S. The highest BCUT2D eigenvalue weighted by Crippen LogP contribution is 2.39. The summed E-state index contributed by atoms with van der Waals surface area (Å²) in [6, 6.07) is 12.5. The molecular weight excluding hydrogens is 361 g/mol. The number of hydrogen-bond donors (Lipinski definition) is 0. The van der Waals surface area contributed by atoms with E-state index in [2.05, 4.69) is 6.58 Å². The normalized spacial score (nSPS) is 14.4. The lowest BCUT2D eigenvalue weighted by Gasteiger charge is -2.11. The van der Waals surface area contributed by atoms with Gasteiger partial charge < -0.3 is 0 Å². The monoisotopic (exact) mass is 373 g/mol. The Morgan fingerprint density at radius 2 is 1.68 bits per heavy atom. The predicted octanol–water partition coefficient (Wildman–Crippen LogP) is 4.54. The lowest BCUT2D eigenvalue weighted by Crippen LogP contribution is -2.31. The van der Waals surface area contributed by atoms with Crippen molar-refractivity contribution in [3.05, 3.63) is 82.5 Å². The summed E-state index contributed by atoms with van der Waals surface area (Å²) in [6.45, 7) is 3.70. The van der Waals surface area contributed by atoms with E-state index >= 15 is 0 Å². The van der Waals surface area contributed by atoms with Gasteiger partial charge in [0.05, 0.1) is 10.5 Å². The Kier molecular flexibility index (Phi) is 5.06. The fourth-order valence-electron chi connectivity index (χ4n) is 2.44. The van der Waals surface area contributed by atoms with Crippen molar-refractivity contribution in [2.45, 2.75) is 4.90 Å². The van der Waals surface area contributed by atoms with Crippen LogP contribution >= 0.6 is 23.4 Å². The maximum absolute atomic E-state index is 13.2. The number of imide groups is 1. The van der Waals surface area contributed by atoms with Crippen molar-refractivity contribution < 1.29 is 14.0 Å². The number of halogens is 2. The van der Waals surface area contributed by atoms with E-state index in [9.17, 15) is 14.0 Å². The van der Waals surface area contributed by atoms with Crippen molar-refractivity contribution in [2.24, 2.45) is 0 Å². The third-order valence-electron chi connectivity index (χ3n) is 3.60. The fraction of sp³-hybridized carbons (Fsp3) is 0.0526. The highest BCUT2D eigenvalue weighted by molar-refractivity contribution is 8.04. The smallest absolute Gasteiger partial charge is 0.268 e. The second kappa shape index (κ2) is 7.25.